The molecule has 0 aliphatic carbocycles. The summed E-state index contributed by atoms with van der Waals surface area (Å²) in [6, 6.07) is -1.82. The van der Waals surface area contributed by atoms with E-state index in [4.69, 9.17) is 11.5 Å². The van der Waals surface area contributed by atoms with Crippen molar-refractivity contribution in [3.05, 3.63) is 0 Å². The Morgan fingerprint density at radius 1 is 1.14 bits per heavy atom. The summed E-state index contributed by atoms with van der Waals surface area (Å²) in [5.74, 6) is -0.467. The molecule has 0 spiro atoms. The molecule has 0 saturated heterocycles. The third-order valence-electron chi connectivity index (χ3n) is 2.80. The molecule has 0 aromatic rings. The summed E-state index contributed by atoms with van der Waals surface area (Å²) in [5.41, 5.74) is 10.6. The number of nitrogens with two attached hydrogens (primary N) is 2. The number of carbonyl (C=O) groups is 3. The van der Waals surface area contributed by atoms with Crippen molar-refractivity contribution in [2.45, 2.75) is 66.0 Å². The van der Waals surface area contributed by atoms with Crippen molar-refractivity contribution in [2.75, 3.05) is 6.54 Å². The molecule has 0 saturated carbocycles. The van der Waals surface area contributed by atoms with Gasteiger partial charge in [0.1, 0.15) is 0 Å². The highest BCUT2D eigenvalue weighted by Crippen LogP contribution is 2.02. The van der Waals surface area contributed by atoms with E-state index >= 15 is 0 Å². The van der Waals surface area contributed by atoms with E-state index < -0.39 is 18.1 Å². The van der Waals surface area contributed by atoms with Gasteiger partial charge in [0, 0.05) is 6.54 Å². The molecular weight excluding hydrogens is 284 g/mol. The Hall–Kier alpha value is -1.63. The van der Waals surface area contributed by atoms with Gasteiger partial charge in [-0.2, -0.15) is 0 Å². The van der Waals surface area contributed by atoms with Gasteiger partial charge < -0.3 is 22.1 Å². The maximum absolute atomic E-state index is 11.8. The zero-order valence-electron chi connectivity index (χ0n) is 14.4. The number of urea groups is 1. The van der Waals surface area contributed by atoms with Crippen molar-refractivity contribution >= 4 is 17.7 Å². The van der Waals surface area contributed by atoms with E-state index in [-0.39, 0.29) is 17.6 Å². The first kappa shape index (κ1) is 22.6. The van der Waals surface area contributed by atoms with Crippen molar-refractivity contribution in [1.82, 2.24) is 10.6 Å². The Morgan fingerprint density at radius 3 is 2.00 bits per heavy atom. The molecule has 22 heavy (non-hydrogen) atoms. The second kappa shape index (κ2) is 13.1. The van der Waals surface area contributed by atoms with Gasteiger partial charge in [-0.05, 0) is 25.7 Å². The van der Waals surface area contributed by atoms with Crippen molar-refractivity contribution in [1.29, 1.82) is 0 Å². The number of rotatable bonds is 8. The molecule has 0 rings (SSSR count). The summed E-state index contributed by atoms with van der Waals surface area (Å²) in [6.45, 7) is 9.70. The topological polar surface area (TPSA) is 127 Å². The maximum atomic E-state index is 11.8. The van der Waals surface area contributed by atoms with Gasteiger partial charge >= 0.3 is 6.03 Å². The van der Waals surface area contributed by atoms with Crippen LogP contribution in [0.15, 0.2) is 0 Å². The van der Waals surface area contributed by atoms with Crippen LogP contribution in [0.2, 0.25) is 0 Å². The minimum atomic E-state index is -0.634. The van der Waals surface area contributed by atoms with Crippen LogP contribution < -0.4 is 22.1 Å². The van der Waals surface area contributed by atoms with Crippen LogP contribution in [0.4, 0.5) is 4.79 Å². The largest absolute Gasteiger partial charge is 0.352 e. The smallest absolute Gasteiger partial charge is 0.312 e. The third-order valence-corrected chi connectivity index (χ3v) is 2.80. The lowest BCUT2D eigenvalue weighted by atomic mass is 10.0. The van der Waals surface area contributed by atoms with Crippen LogP contribution in [0.1, 0.15) is 53.9 Å². The molecule has 2 unspecified atom stereocenters. The van der Waals surface area contributed by atoms with Crippen LogP contribution in [0.3, 0.4) is 0 Å². The number of hydrogen-bond acceptors (Lipinski definition) is 4. The number of hydrogen-bond donors (Lipinski definition) is 4. The number of amides is 3. The molecule has 130 valence electrons. The van der Waals surface area contributed by atoms with Gasteiger partial charge in [0.15, 0.2) is 5.78 Å². The number of carbonyl (C=O) groups excluding carboxylic acids is 3. The normalized spacial score (nSPS) is 12.7. The lowest BCUT2D eigenvalue weighted by Gasteiger charge is -2.20. The lowest BCUT2D eigenvalue weighted by molar-refractivity contribution is -0.128. The minimum Gasteiger partial charge on any atom is -0.352 e. The van der Waals surface area contributed by atoms with Gasteiger partial charge in [-0.15, -0.1) is 0 Å². The van der Waals surface area contributed by atoms with Gasteiger partial charge in [-0.25, -0.2) is 4.79 Å². The summed E-state index contributed by atoms with van der Waals surface area (Å²) >= 11 is 0. The van der Waals surface area contributed by atoms with Crippen LogP contribution in [0.25, 0.3) is 0 Å². The van der Waals surface area contributed by atoms with Gasteiger partial charge in [-0.1, -0.05) is 34.1 Å². The monoisotopic (exact) mass is 316 g/mol. The molecule has 0 radical (unpaired) electrons. The standard InChI is InChI=1S/C12H24N4O3.C3H8/c1-7(2)10(13)11(18)16-9(8(3)17)5-4-6-15-12(14)19;1-3-2/h7,9-10H,4-6,13H2,1-3H3,(H,16,18)(H3,14,15,19);3H2,1-2H3. The molecule has 0 aromatic heterocycles. The lowest BCUT2D eigenvalue weighted by Crippen LogP contribution is -2.50. The highest BCUT2D eigenvalue weighted by atomic mass is 16.2. The van der Waals surface area contributed by atoms with Gasteiger partial charge in [0.2, 0.25) is 5.91 Å². The van der Waals surface area contributed by atoms with Crippen LogP contribution in [0, 0.1) is 5.92 Å². The second-order valence-corrected chi connectivity index (χ2v) is 5.58. The molecule has 0 aliphatic rings. The molecule has 0 aromatic carbocycles. The Kier molecular flexibility index (Phi) is 13.4. The van der Waals surface area contributed by atoms with Gasteiger partial charge in [0.05, 0.1) is 12.1 Å². The Balaban J connectivity index is 0. The SMILES string of the molecule is CC(=O)C(CCCNC(N)=O)NC(=O)C(N)C(C)C.CCC. The van der Waals surface area contributed by atoms with Crippen LogP contribution in [-0.4, -0.2) is 36.3 Å². The van der Waals surface area contributed by atoms with Gasteiger partial charge in [0.25, 0.3) is 0 Å². The van der Waals surface area contributed by atoms with Crippen molar-refractivity contribution in [3.8, 4) is 0 Å². The zero-order chi connectivity index (χ0) is 17.7. The van der Waals surface area contributed by atoms with E-state index in [1.807, 2.05) is 13.8 Å². The third kappa shape index (κ3) is 12.1. The number of Topliss-reactive ketones (excluding diaryl/α,β-unsaturated/α-hetero) is 1. The molecule has 0 aliphatic heterocycles. The van der Waals surface area contributed by atoms with Crippen LogP contribution in [0.5, 0.6) is 0 Å². The first-order valence-electron chi connectivity index (χ1n) is 7.76. The van der Waals surface area contributed by atoms with Crippen LogP contribution >= 0.6 is 0 Å². The van der Waals surface area contributed by atoms with Crippen molar-refractivity contribution in [2.24, 2.45) is 17.4 Å². The fourth-order valence-corrected chi connectivity index (χ4v) is 1.47. The zero-order valence-corrected chi connectivity index (χ0v) is 14.4. The first-order valence-corrected chi connectivity index (χ1v) is 7.76. The Morgan fingerprint density at radius 2 is 1.64 bits per heavy atom. The molecule has 3 amide bonds. The molecule has 6 N–H and O–H groups in total. The molecule has 0 heterocycles. The van der Waals surface area contributed by atoms with E-state index in [1.165, 1.54) is 13.3 Å². The fourth-order valence-electron chi connectivity index (χ4n) is 1.47. The molecule has 0 fully saturated rings. The second-order valence-electron chi connectivity index (χ2n) is 5.58. The van der Waals surface area contributed by atoms with Gasteiger partial charge in [-0.3, -0.25) is 9.59 Å². The Bertz CT molecular complexity index is 346. The maximum Gasteiger partial charge on any atom is 0.312 e. The highest BCUT2D eigenvalue weighted by molar-refractivity contribution is 5.89. The Labute approximate surface area is 133 Å². The van der Waals surface area contributed by atoms with E-state index in [0.717, 1.165) is 0 Å². The summed E-state index contributed by atoms with van der Waals surface area (Å²) in [7, 11) is 0. The number of nitrogens with one attached hydrogen (secondary N) is 2. The van der Waals surface area contributed by atoms with Crippen LogP contribution in [-0.2, 0) is 9.59 Å². The van der Waals surface area contributed by atoms with E-state index in [2.05, 4.69) is 24.5 Å². The fraction of sp³-hybridized carbons (Fsp3) is 0.800. The number of ketones is 1. The van der Waals surface area contributed by atoms with E-state index in [9.17, 15) is 14.4 Å². The number of primary amides is 1. The predicted molar refractivity (Wildman–Crippen MR) is 88.2 cm³/mol. The minimum absolute atomic E-state index is 0.00383. The summed E-state index contributed by atoms with van der Waals surface area (Å²) in [4.78, 5) is 33.7. The average Bonchev–Trinajstić information content (AvgIpc) is 2.41. The summed E-state index contributed by atoms with van der Waals surface area (Å²) in [6.07, 6.45) is 2.23. The van der Waals surface area contributed by atoms with E-state index in [0.29, 0.717) is 19.4 Å². The molecule has 7 heteroatoms. The quantitative estimate of drug-likeness (QED) is 0.496. The highest BCUT2D eigenvalue weighted by Gasteiger charge is 2.22. The van der Waals surface area contributed by atoms with E-state index in [1.54, 1.807) is 0 Å². The summed E-state index contributed by atoms with van der Waals surface area (Å²) in [5, 5.41) is 5.05. The average molecular weight is 316 g/mol. The predicted octanol–water partition coefficient (Wildman–Crippen LogP) is 0.908. The summed E-state index contributed by atoms with van der Waals surface area (Å²) < 4.78 is 0. The van der Waals surface area contributed by atoms with Crippen molar-refractivity contribution in [3.63, 3.8) is 0 Å². The van der Waals surface area contributed by atoms with Crippen molar-refractivity contribution < 1.29 is 14.4 Å². The molecular formula is C15H32N4O3. The molecule has 0 bridgehead atoms. The molecule has 2 atom stereocenters. The first-order chi connectivity index (χ1) is 10.2. The molecule has 7 nitrogen and oxygen atoms in total.